The molecule has 1 heterocycles. The molecule has 0 bridgehead atoms. The zero-order valence-electron chi connectivity index (χ0n) is 11.5. The summed E-state index contributed by atoms with van der Waals surface area (Å²) < 4.78 is 24.0. The van der Waals surface area contributed by atoms with Crippen molar-refractivity contribution in [1.82, 2.24) is 0 Å². The van der Waals surface area contributed by atoms with Crippen LogP contribution in [0.4, 0.5) is 5.69 Å². The molecule has 1 aromatic heterocycles. The van der Waals surface area contributed by atoms with Gasteiger partial charge in [-0.15, -0.1) is 11.3 Å². The van der Waals surface area contributed by atoms with Gasteiger partial charge < -0.3 is 5.32 Å². The molecule has 0 radical (unpaired) electrons. The third-order valence-corrected chi connectivity index (χ3v) is 5.32. The van der Waals surface area contributed by atoms with Crippen molar-refractivity contribution in [3.8, 4) is 0 Å². The van der Waals surface area contributed by atoms with E-state index in [2.05, 4.69) is 5.32 Å². The molecule has 20 heavy (non-hydrogen) atoms. The van der Waals surface area contributed by atoms with Crippen molar-refractivity contribution in [2.45, 2.75) is 24.8 Å². The standard InChI is InChI=1S/C14H16ClNO2S2/c1-9-4-5-12(20(3,17)18)7-13(9)16-10(2)11-6-14(15)19-8-11/h4-8,10,16H,1-3H3. The summed E-state index contributed by atoms with van der Waals surface area (Å²) in [7, 11) is -3.20. The van der Waals surface area contributed by atoms with E-state index in [0.29, 0.717) is 4.90 Å². The second-order valence-corrected chi connectivity index (χ2v) is 8.36. The predicted octanol–water partition coefficient (Wildman–Crippen LogP) is 4.29. The van der Waals surface area contributed by atoms with Gasteiger partial charge in [0.05, 0.1) is 9.23 Å². The van der Waals surface area contributed by atoms with Gasteiger partial charge in [0.25, 0.3) is 0 Å². The van der Waals surface area contributed by atoms with Crippen molar-refractivity contribution in [2.75, 3.05) is 11.6 Å². The number of thiophene rings is 1. The Balaban J connectivity index is 2.29. The fourth-order valence-electron chi connectivity index (χ4n) is 1.85. The fraction of sp³-hybridized carbons (Fsp3) is 0.286. The van der Waals surface area contributed by atoms with Crippen LogP contribution in [0, 0.1) is 6.92 Å². The van der Waals surface area contributed by atoms with E-state index in [1.807, 2.05) is 31.4 Å². The van der Waals surface area contributed by atoms with E-state index in [1.54, 1.807) is 12.1 Å². The van der Waals surface area contributed by atoms with Crippen LogP contribution in [0.2, 0.25) is 4.34 Å². The van der Waals surface area contributed by atoms with Gasteiger partial charge in [-0.25, -0.2) is 8.42 Å². The molecule has 0 spiro atoms. The zero-order valence-corrected chi connectivity index (χ0v) is 13.9. The Morgan fingerprint density at radius 1 is 1.30 bits per heavy atom. The molecule has 0 fully saturated rings. The monoisotopic (exact) mass is 329 g/mol. The maximum absolute atomic E-state index is 11.6. The summed E-state index contributed by atoms with van der Waals surface area (Å²) >= 11 is 7.42. The van der Waals surface area contributed by atoms with Gasteiger partial charge in [-0.3, -0.25) is 0 Å². The fourth-order valence-corrected chi connectivity index (χ4v) is 3.49. The van der Waals surface area contributed by atoms with Gasteiger partial charge >= 0.3 is 0 Å². The van der Waals surface area contributed by atoms with Crippen molar-refractivity contribution in [3.63, 3.8) is 0 Å². The number of nitrogens with one attached hydrogen (secondary N) is 1. The van der Waals surface area contributed by atoms with Gasteiger partial charge in [0.1, 0.15) is 0 Å². The largest absolute Gasteiger partial charge is 0.378 e. The Kier molecular flexibility index (Phi) is 4.42. The molecule has 2 rings (SSSR count). The quantitative estimate of drug-likeness (QED) is 0.910. The Bertz CT molecular complexity index is 723. The number of hydrogen-bond donors (Lipinski definition) is 1. The minimum atomic E-state index is -3.20. The first-order valence-corrected chi connectivity index (χ1v) is 9.23. The lowest BCUT2D eigenvalue weighted by Crippen LogP contribution is -2.08. The van der Waals surface area contributed by atoms with Crippen molar-refractivity contribution in [2.24, 2.45) is 0 Å². The predicted molar refractivity (Wildman–Crippen MR) is 85.7 cm³/mol. The Hall–Kier alpha value is -1.04. The Morgan fingerprint density at radius 2 is 2.00 bits per heavy atom. The van der Waals surface area contributed by atoms with Crippen LogP contribution in [0.1, 0.15) is 24.1 Å². The number of anilines is 1. The van der Waals surface area contributed by atoms with Gasteiger partial charge in [0.2, 0.25) is 0 Å². The highest BCUT2D eigenvalue weighted by Gasteiger charge is 2.12. The molecule has 0 aliphatic rings. The molecule has 1 N–H and O–H groups in total. The number of hydrogen-bond acceptors (Lipinski definition) is 4. The van der Waals surface area contributed by atoms with Crippen molar-refractivity contribution >= 4 is 38.5 Å². The first-order valence-electron chi connectivity index (χ1n) is 6.08. The van der Waals surface area contributed by atoms with Crippen LogP contribution < -0.4 is 5.32 Å². The minimum absolute atomic E-state index is 0.0623. The average Bonchev–Trinajstić information content (AvgIpc) is 2.77. The minimum Gasteiger partial charge on any atom is -0.378 e. The highest BCUT2D eigenvalue weighted by Crippen LogP contribution is 2.29. The van der Waals surface area contributed by atoms with E-state index >= 15 is 0 Å². The van der Waals surface area contributed by atoms with Gasteiger partial charge in [-0.1, -0.05) is 17.7 Å². The Labute approximate surface area is 128 Å². The van der Waals surface area contributed by atoms with Gasteiger partial charge in [-0.2, -0.15) is 0 Å². The lowest BCUT2D eigenvalue weighted by Gasteiger charge is -2.17. The maximum atomic E-state index is 11.6. The number of aryl methyl sites for hydroxylation is 1. The van der Waals surface area contributed by atoms with E-state index in [0.717, 1.165) is 21.2 Å². The smallest absolute Gasteiger partial charge is 0.175 e. The van der Waals surface area contributed by atoms with Crippen LogP contribution in [0.15, 0.2) is 34.5 Å². The molecule has 2 aromatic rings. The molecule has 0 aliphatic carbocycles. The van der Waals surface area contributed by atoms with Gasteiger partial charge in [-0.05, 0) is 48.6 Å². The molecular formula is C14H16ClNO2S2. The third kappa shape index (κ3) is 3.53. The molecule has 0 aliphatic heterocycles. The van der Waals surface area contributed by atoms with E-state index in [4.69, 9.17) is 11.6 Å². The average molecular weight is 330 g/mol. The van der Waals surface area contributed by atoms with E-state index in [9.17, 15) is 8.42 Å². The normalized spacial score (nSPS) is 13.2. The molecule has 3 nitrogen and oxygen atoms in total. The van der Waals surface area contributed by atoms with E-state index < -0.39 is 9.84 Å². The summed E-state index contributed by atoms with van der Waals surface area (Å²) in [5.41, 5.74) is 2.91. The zero-order chi connectivity index (χ0) is 14.9. The number of sulfone groups is 1. The molecule has 1 unspecified atom stereocenters. The van der Waals surface area contributed by atoms with Crippen LogP contribution in [0.25, 0.3) is 0 Å². The molecular weight excluding hydrogens is 314 g/mol. The van der Waals surface area contributed by atoms with Gasteiger partial charge in [0.15, 0.2) is 9.84 Å². The number of halogens is 1. The van der Waals surface area contributed by atoms with Crippen LogP contribution in [0.5, 0.6) is 0 Å². The summed E-state index contributed by atoms with van der Waals surface area (Å²) in [4.78, 5) is 0.321. The first kappa shape index (κ1) is 15.4. The highest BCUT2D eigenvalue weighted by atomic mass is 35.5. The summed E-state index contributed by atoms with van der Waals surface area (Å²) in [5, 5.41) is 5.33. The molecule has 6 heteroatoms. The van der Waals surface area contributed by atoms with Crippen LogP contribution in [-0.4, -0.2) is 14.7 Å². The van der Waals surface area contributed by atoms with E-state index in [1.165, 1.54) is 17.6 Å². The molecule has 108 valence electrons. The number of benzene rings is 1. The highest BCUT2D eigenvalue weighted by molar-refractivity contribution is 7.90. The lowest BCUT2D eigenvalue weighted by atomic mass is 10.1. The van der Waals surface area contributed by atoms with Crippen LogP contribution >= 0.6 is 22.9 Å². The number of rotatable bonds is 4. The van der Waals surface area contributed by atoms with Crippen molar-refractivity contribution in [1.29, 1.82) is 0 Å². The SMILES string of the molecule is Cc1ccc(S(C)(=O)=O)cc1NC(C)c1csc(Cl)c1. The van der Waals surface area contributed by atoms with Crippen molar-refractivity contribution < 1.29 is 8.42 Å². The summed E-state index contributed by atoms with van der Waals surface area (Å²) in [6.07, 6.45) is 1.21. The summed E-state index contributed by atoms with van der Waals surface area (Å²) in [6.45, 7) is 3.96. The molecule has 1 atom stereocenters. The molecule has 0 saturated heterocycles. The van der Waals surface area contributed by atoms with E-state index in [-0.39, 0.29) is 6.04 Å². The van der Waals surface area contributed by atoms with Crippen LogP contribution in [0.3, 0.4) is 0 Å². The van der Waals surface area contributed by atoms with Gasteiger partial charge in [0, 0.05) is 18.0 Å². The maximum Gasteiger partial charge on any atom is 0.175 e. The summed E-state index contributed by atoms with van der Waals surface area (Å²) in [5.74, 6) is 0. The Morgan fingerprint density at radius 3 is 2.55 bits per heavy atom. The second-order valence-electron chi connectivity index (χ2n) is 4.80. The second kappa shape index (κ2) is 5.76. The topological polar surface area (TPSA) is 46.2 Å². The molecule has 1 aromatic carbocycles. The summed E-state index contributed by atoms with van der Waals surface area (Å²) in [6, 6.07) is 7.09. The molecule has 0 amide bonds. The molecule has 0 saturated carbocycles. The first-order chi connectivity index (χ1) is 9.27. The van der Waals surface area contributed by atoms with Crippen LogP contribution in [-0.2, 0) is 9.84 Å². The lowest BCUT2D eigenvalue weighted by molar-refractivity contribution is 0.602. The third-order valence-electron chi connectivity index (χ3n) is 3.10. The van der Waals surface area contributed by atoms with Crippen molar-refractivity contribution in [3.05, 3.63) is 45.1 Å².